The predicted molar refractivity (Wildman–Crippen MR) is 201 cm³/mol. The second kappa shape index (κ2) is 16.2. The molecule has 7 aromatic carbocycles. The molecule has 0 N–H and O–H groups in total. The van der Waals surface area contributed by atoms with Gasteiger partial charge in [0.05, 0.1) is 0 Å². The van der Waals surface area contributed by atoms with Crippen molar-refractivity contribution < 1.29 is 54.1 Å². The van der Waals surface area contributed by atoms with E-state index in [0.29, 0.717) is 29.5 Å². The Labute approximate surface area is 330 Å². The number of hydrogen-bond acceptors (Lipinski definition) is 5. The van der Waals surface area contributed by atoms with Crippen LogP contribution in [0.2, 0.25) is 0 Å². The highest BCUT2D eigenvalue weighted by molar-refractivity contribution is 6.10. The third-order valence-corrected chi connectivity index (χ3v) is 9.22. The topological polar surface area (TPSA) is 68.6 Å². The number of ether oxygens (including phenoxy) is 3. The first-order chi connectivity index (χ1) is 28.3. The maximum Gasteiger partial charge on any atom is 0.205 e. The molecule has 294 valence electrons. The minimum Gasteiger partial charge on any atom is -0.456 e. The molecule has 5 nitrogen and oxygen atoms in total. The summed E-state index contributed by atoms with van der Waals surface area (Å²) >= 11 is 0. The average molecular weight is 808 g/mol. The molecule has 0 saturated heterocycles. The molecule has 0 heterocycles. The molecular weight excluding hydrogens is 782 g/mol. The largest absolute Gasteiger partial charge is 0.456 e. The van der Waals surface area contributed by atoms with Gasteiger partial charge < -0.3 is 14.2 Å². The van der Waals surface area contributed by atoms with Crippen LogP contribution in [0.3, 0.4) is 0 Å². The fraction of sp³-hybridized carbons (Fsp3) is 0.0435. The zero-order valence-electron chi connectivity index (χ0n) is 30.6. The molecule has 0 amide bonds. The summed E-state index contributed by atoms with van der Waals surface area (Å²) in [5.74, 6) is -21.0. The minimum absolute atomic E-state index is 0.156. The number of hydrogen-bond donors (Lipinski definition) is 0. The van der Waals surface area contributed by atoms with Crippen LogP contribution in [-0.4, -0.2) is 5.78 Å². The van der Waals surface area contributed by atoms with E-state index in [0.717, 1.165) is 16.7 Å². The Bertz CT molecular complexity index is 2740. The molecule has 0 aliphatic rings. The van der Waals surface area contributed by atoms with Crippen molar-refractivity contribution in [3.63, 3.8) is 0 Å². The Morgan fingerprint density at radius 3 is 1.17 bits per heavy atom. The number of rotatable bonds is 10. The third kappa shape index (κ3) is 7.68. The van der Waals surface area contributed by atoms with Crippen LogP contribution in [0.15, 0.2) is 115 Å². The van der Waals surface area contributed by atoms with E-state index in [1.807, 2.05) is 43.3 Å². The quantitative estimate of drug-likeness (QED) is 0.0782. The van der Waals surface area contributed by atoms with Crippen LogP contribution in [0, 0.1) is 71.7 Å². The molecule has 0 aliphatic heterocycles. The van der Waals surface area contributed by atoms with E-state index in [1.54, 1.807) is 54.6 Å². The smallest absolute Gasteiger partial charge is 0.205 e. The maximum atomic E-state index is 15.0. The van der Waals surface area contributed by atoms with Crippen LogP contribution in [0.5, 0.6) is 34.5 Å². The van der Waals surface area contributed by atoms with E-state index in [9.17, 15) is 27.6 Å². The molecule has 0 saturated carbocycles. The van der Waals surface area contributed by atoms with Crippen molar-refractivity contribution >= 4 is 5.78 Å². The first kappa shape index (κ1) is 39.8. The number of halogens is 8. The van der Waals surface area contributed by atoms with Gasteiger partial charge in [0, 0.05) is 5.56 Å². The summed E-state index contributed by atoms with van der Waals surface area (Å²) in [6.07, 6.45) is 0. The lowest BCUT2D eigenvalue weighted by molar-refractivity contribution is 0.101. The predicted octanol–water partition coefficient (Wildman–Crippen LogP) is 13.2. The summed E-state index contributed by atoms with van der Waals surface area (Å²) in [5, 5.41) is 10.00. The molecule has 0 bridgehead atoms. The number of nitrogens with zero attached hydrogens (tertiary/aromatic N) is 1. The van der Waals surface area contributed by atoms with Crippen molar-refractivity contribution in [3.8, 4) is 62.8 Å². The zero-order valence-corrected chi connectivity index (χ0v) is 30.6. The van der Waals surface area contributed by atoms with E-state index in [1.165, 1.54) is 24.3 Å². The third-order valence-electron chi connectivity index (χ3n) is 9.22. The van der Waals surface area contributed by atoms with Crippen molar-refractivity contribution in [1.29, 1.82) is 5.26 Å². The van der Waals surface area contributed by atoms with Crippen LogP contribution in [-0.2, 0) is 0 Å². The van der Waals surface area contributed by atoms with E-state index >= 15 is 17.6 Å². The van der Waals surface area contributed by atoms with Crippen molar-refractivity contribution in [1.82, 2.24) is 0 Å². The molecule has 0 aromatic heterocycles. The van der Waals surface area contributed by atoms with Gasteiger partial charge in [-0.25, -0.2) is 26.3 Å². The first-order valence-corrected chi connectivity index (χ1v) is 17.4. The number of carbonyl (C=O) groups is 1. The Hall–Kier alpha value is -7.46. The Morgan fingerprint density at radius 2 is 0.797 bits per heavy atom. The molecule has 0 spiro atoms. The first-order valence-electron chi connectivity index (χ1n) is 17.4. The van der Waals surface area contributed by atoms with Gasteiger partial charge in [-0.05, 0) is 84.6 Å². The highest BCUT2D eigenvalue weighted by Gasteiger charge is 2.36. The number of aryl methyl sites for hydroxylation is 1. The average Bonchev–Trinajstić information content (AvgIpc) is 3.24. The molecule has 7 aromatic rings. The molecule has 7 rings (SSSR count). The zero-order chi connectivity index (χ0) is 42.1. The van der Waals surface area contributed by atoms with Crippen LogP contribution < -0.4 is 14.2 Å². The van der Waals surface area contributed by atoms with Crippen molar-refractivity contribution in [2.24, 2.45) is 0 Å². The number of nitriles is 1. The lowest BCUT2D eigenvalue weighted by atomic mass is 9.98. The van der Waals surface area contributed by atoms with Gasteiger partial charge in [-0.2, -0.15) is 14.0 Å². The number of carbonyl (C=O) groups excluding carboxylic acids is 1. The van der Waals surface area contributed by atoms with Gasteiger partial charge in [-0.1, -0.05) is 72.3 Å². The second-order valence-electron chi connectivity index (χ2n) is 13.0. The van der Waals surface area contributed by atoms with Gasteiger partial charge in [0.15, 0.2) is 34.9 Å². The fourth-order valence-corrected chi connectivity index (χ4v) is 6.02. The highest BCUT2D eigenvalue weighted by atomic mass is 19.2. The number of ketones is 1. The van der Waals surface area contributed by atoms with Gasteiger partial charge in [0.2, 0.25) is 23.2 Å². The van der Waals surface area contributed by atoms with E-state index in [4.69, 9.17) is 14.2 Å². The summed E-state index contributed by atoms with van der Waals surface area (Å²) < 4.78 is 134. The van der Waals surface area contributed by atoms with Crippen molar-refractivity contribution in [2.75, 3.05) is 0 Å². The van der Waals surface area contributed by atoms with Gasteiger partial charge >= 0.3 is 0 Å². The van der Waals surface area contributed by atoms with Crippen LogP contribution in [0.1, 0.15) is 32.6 Å². The Morgan fingerprint density at radius 1 is 0.458 bits per heavy atom. The molecule has 0 radical (unpaired) electrons. The molecule has 0 unspecified atom stereocenters. The molecule has 0 atom stereocenters. The van der Waals surface area contributed by atoms with Crippen LogP contribution in [0.25, 0.3) is 22.3 Å². The monoisotopic (exact) mass is 807 g/mol. The summed E-state index contributed by atoms with van der Waals surface area (Å²) in [5.41, 5.74) is -0.874. The Balaban J connectivity index is 1.05. The molecule has 13 heteroatoms. The number of benzene rings is 7. The lowest BCUT2D eigenvalue weighted by Crippen LogP contribution is -2.18. The summed E-state index contributed by atoms with van der Waals surface area (Å²) in [4.78, 5) is 12.7. The summed E-state index contributed by atoms with van der Waals surface area (Å²) in [6, 6.07) is 34.5. The standard InChI is InChI=1S/C46H25F8NO4/c1-23-6-8-25(9-7-23)26-10-16-29(17-11-26)57-33-4-3-5-34(32(33)22-55)58-30-18-12-27(13-19-30)28-14-20-31(21-15-28)59-46-43(53)41(51)36(42(52)44(46)54)45(56)35-39(49)37(47)24(2)38(48)40(35)50/h3-21H,1-2H3. The SMILES string of the molecule is Cc1ccc(-c2ccc(Oc3cccc(Oc4ccc(-c5ccc(Oc6c(F)c(F)c(C(=O)c7c(F)c(F)c(C)c(F)c7F)c(F)c6F)cc5)cc4)c3C#N)cc2)cc1. The lowest BCUT2D eigenvalue weighted by Gasteiger charge is -2.14. The summed E-state index contributed by atoms with van der Waals surface area (Å²) in [6.45, 7) is 2.65. The maximum absolute atomic E-state index is 15.0. The molecular formula is C46H25F8NO4. The van der Waals surface area contributed by atoms with Crippen molar-refractivity contribution in [3.05, 3.63) is 190 Å². The summed E-state index contributed by atoms with van der Waals surface area (Å²) in [7, 11) is 0. The van der Waals surface area contributed by atoms with Crippen LogP contribution in [0.4, 0.5) is 35.1 Å². The second-order valence-corrected chi connectivity index (χ2v) is 13.0. The minimum atomic E-state index is -2.42. The van der Waals surface area contributed by atoms with E-state index < -0.39 is 74.8 Å². The highest BCUT2D eigenvalue weighted by Crippen LogP contribution is 2.38. The Kier molecular flexibility index (Phi) is 10.9. The van der Waals surface area contributed by atoms with Gasteiger partial charge in [0.25, 0.3) is 0 Å². The van der Waals surface area contributed by atoms with Gasteiger partial charge in [-0.15, -0.1) is 0 Å². The molecule has 0 aliphatic carbocycles. The molecule has 0 fully saturated rings. The van der Waals surface area contributed by atoms with Crippen molar-refractivity contribution in [2.45, 2.75) is 13.8 Å². The van der Waals surface area contributed by atoms with E-state index in [-0.39, 0.29) is 22.8 Å². The van der Waals surface area contributed by atoms with Crippen LogP contribution >= 0.6 is 0 Å². The molecule has 59 heavy (non-hydrogen) atoms. The normalized spacial score (nSPS) is 10.9. The van der Waals surface area contributed by atoms with Gasteiger partial charge in [0.1, 0.15) is 51.5 Å². The van der Waals surface area contributed by atoms with E-state index in [2.05, 4.69) is 6.07 Å². The fourth-order valence-electron chi connectivity index (χ4n) is 6.02. The van der Waals surface area contributed by atoms with Gasteiger partial charge in [-0.3, -0.25) is 4.79 Å².